The van der Waals surface area contributed by atoms with Crippen LogP contribution in [-0.2, 0) is 17.6 Å². The molecule has 3 aromatic rings. The topological polar surface area (TPSA) is 73.1 Å². The predicted octanol–water partition coefficient (Wildman–Crippen LogP) is 4.49. The normalized spacial score (nSPS) is 25.4. The molecule has 3 aliphatic rings. The fourth-order valence-corrected chi connectivity index (χ4v) is 5.54. The number of hydrogen-bond donors (Lipinski definition) is 1. The molecule has 0 radical (unpaired) electrons. The van der Waals surface area contributed by atoms with Gasteiger partial charge in [0.1, 0.15) is 23.7 Å². The van der Waals surface area contributed by atoms with Crippen molar-refractivity contribution in [2.45, 2.75) is 49.1 Å². The van der Waals surface area contributed by atoms with Gasteiger partial charge in [0.05, 0.1) is 6.54 Å². The molecule has 0 spiro atoms. The van der Waals surface area contributed by atoms with Crippen LogP contribution in [0.5, 0.6) is 5.75 Å². The van der Waals surface area contributed by atoms with Crippen LogP contribution in [0, 0.1) is 17.0 Å². The standard InChI is InChI=1S/C22H17F7N4O2/c23-14-3-6-16(17(24)7-14)20(34,11-33-12-30-31-32-33)21(25,26)19-8-18(9-19,10-19)13-1-4-15(5-2-13)35-22(27,28)29/h1-7,12,34H,8-11H2/t18?,19?,20-/m1/s1. The van der Waals surface area contributed by atoms with E-state index in [-0.39, 0.29) is 19.3 Å². The van der Waals surface area contributed by atoms with Crippen molar-refractivity contribution < 1.29 is 40.6 Å². The first kappa shape index (κ1) is 23.5. The Labute approximate surface area is 193 Å². The van der Waals surface area contributed by atoms with Crippen molar-refractivity contribution in [3.05, 3.63) is 71.6 Å². The molecule has 1 aromatic heterocycles. The summed E-state index contributed by atoms with van der Waals surface area (Å²) in [4.78, 5) is 0. The van der Waals surface area contributed by atoms with Crippen LogP contribution >= 0.6 is 0 Å². The summed E-state index contributed by atoms with van der Waals surface area (Å²) >= 11 is 0. The Morgan fingerprint density at radius 1 is 0.971 bits per heavy atom. The van der Waals surface area contributed by atoms with Crippen LogP contribution in [0.3, 0.4) is 0 Å². The molecule has 3 fully saturated rings. The number of tetrazole rings is 1. The summed E-state index contributed by atoms with van der Waals surface area (Å²) in [5.41, 5.74) is -5.78. The molecule has 13 heteroatoms. The molecule has 6 rings (SSSR count). The molecule has 3 aliphatic carbocycles. The van der Waals surface area contributed by atoms with Crippen molar-refractivity contribution >= 4 is 0 Å². The van der Waals surface area contributed by atoms with Crippen molar-refractivity contribution in [1.29, 1.82) is 0 Å². The Morgan fingerprint density at radius 3 is 2.17 bits per heavy atom. The highest BCUT2D eigenvalue weighted by Gasteiger charge is 2.82. The second-order valence-electron chi connectivity index (χ2n) is 9.23. The van der Waals surface area contributed by atoms with E-state index in [4.69, 9.17) is 0 Å². The van der Waals surface area contributed by atoms with E-state index >= 15 is 8.78 Å². The molecule has 0 unspecified atom stereocenters. The number of halogens is 7. The Hall–Kier alpha value is -3.22. The first-order valence-electron chi connectivity index (χ1n) is 10.4. The molecule has 2 aromatic carbocycles. The van der Waals surface area contributed by atoms with Crippen LogP contribution in [0.25, 0.3) is 0 Å². The summed E-state index contributed by atoms with van der Waals surface area (Å²) in [6, 6.07) is 6.93. The zero-order valence-electron chi connectivity index (χ0n) is 17.7. The minimum Gasteiger partial charge on any atom is -0.406 e. The van der Waals surface area contributed by atoms with Crippen molar-refractivity contribution in [2.24, 2.45) is 5.41 Å². The molecule has 186 valence electrons. The van der Waals surface area contributed by atoms with Crippen molar-refractivity contribution in [1.82, 2.24) is 20.2 Å². The first-order valence-corrected chi connectivity index (χ1v) is 10.4. The lowest BCUT2D eigenvalue weighted by atomic mass is 9.30. The summed E-state index contributed by atoms with van der Waals surface area (Å²) in [5.74, 6) is -6.68. The quantitative estimate of drug-likeness (QED) is 0.482. The van der Waals surface area contributed by atoms with Gasteiger partial charge in [-0.2, -0.15) is 0 Å². The number of rotatable bonds is 7. The van der Waals surface area contributed by atoms with Gasteiger partial charge in [0.25, 0.3) is 5.92 Å². The maximum atomic E-state index is 16.1. The van der Waals surface area contributed by atoms with E-state index in [1.807, 2.05) is 0 Å². The van der Waals surface area contributed by atoms with Gasteiger partial charge in [0, 0.05) is 17.0 Å². The second kappa shape index (κ2) is 7.39. The third kappa shape index (κ3) is 3.55. The minimum atomic E-state index is -4.86. The average Bonchev–Trinajstić information content (AvgIpc) is 3.18. The van der Waals surface area contributed by atoms with E-state index in [0.29, 0.717) is 11.6 Å². The van der Waals surface area contributed by atoms with Crippen LogP contribution in [0.2, 0.25) is 0 Å². The van der Waals surface area contributed by atoms with Gasteiger partial charge in [0.15, 0.2) is 5.60 Å². The highest BCUT2D eigenvalue weighted by Crippen LogP contribution is 2.80. The lowest BCUT2D eigenvalue weighted by Crippen LogP contribution is -2.76. The highest BCUT2D eigenvalue weighted by atomic mass is 19.4. The number of ether oxygens (including phenoxy) is 1. The molecular weight excluding hydrogens is 485 g/mol. The van der Waals surface area contributed by atoms with E-state index in [2.05, 4.69) is 20.3 Å². The summed E-state index contributed by atoms with van der Waals surface area (Å²) in [6.45, 7) is -0.895. The maximum absolute atomic E-state index is 16.1. The number of aromatic nitrogens is 4. The number of nitrogens with zero attached hydrogens (tertiary/aromatic N) is 4. The fraction of sp³-hybridized carbons (Fsp3) is 0.409. The molecule has 0 amide bonds. The van der Waals surface area contributed by atoms with Gasteiger partial charge in [-0.1, -0.05) is 12.1 Å². The molecule has 3 saturated carbocycles. The van der Waals surface area contributed by atoms with Gasteiger partial charge in [0.2, 0.25) is 0 Å². The van der Waals surface area contributed by atoms with Crippen LogP contribution in [-0.4, -0.2) is 37.6 Å². The summed E-state index contributed by atoms with van der Waals surface area (Å²) in [5, 5.41) is 21.5. The molecule has 1 atom stereocenters. The van der Waals surface area contributed by atoms with Crippen LogP contribution in [0.1, 0.15) is 30.4 Å². The zero-order valence-corrected chi connectivity index (χ0v) is 17.7. The molecule has 1 N–H and O–H groups in total. The predicted molar refractivity (Wildman–Crippen MR) is 104 cm³/mol. The third-order valence-corrected chi connectivity index (χ3v) is 7.08. The molecule has 35 heavy (non-hydrogen) atoms. The monoisotopic (exact) mass is 502 g/mol. The number of alkyl halides is 5. The SMILES string of the molecule is O[C@](Cn1cnnn1)(c1ccc(F)cc1F)C(F)(F)C12CC(c3ccc(OC(F)(F)F)cc3)(C1)C2. The van der Waals surface area contributed by atoms with Crippen molar-refractivity contribution in [2.75, 3.05) is 0 Å². The van der Waals surface area contributed by atoms with Gasteiger partial charge >= 0.3 is 6.36 Å². The van der Waals surface area contributed by atoms with Crippen LogP contribution < -0.4 is 4.74 Å². The third-order valence-electron chi connectivity index (χ3n) is 7.08. The lowest BCUT2D eigenvalue weighted by molar-refractivity contribution is -0.347. The van der Waals surface area contributed by atoms with Crippen molar-refractivity contribution in [3.8, 4) is 5.75 Å². The van der Waals surface area contributed by atoms with E-state index in [1.54, 1.807) is 0 Å². The summed E-state index contributed by atoms with van der Waals surface area (Å²) in [7, 11) is 0. The smallest absolute Gasteiger partial charge is 0.406 e. The fourth-order valence-electron chi connectivity index (χ4n) is 5.54. The van der Waals surface area contributed by atoms with Gasteiger partial charge in [-0.15, -0.1) is 18.3 Å². The highest BCUT2D eigenvalue weighted by molar-refractivity contribution is 5.44. The Bertz CT molecular complexity index is 1230. The van der Waals surface area contributed by atoms with Crippen molar-refractivity contribution in [3.63, 3.8) is 0 Å². The Morgan fingerprint density at radius 2 is 1.63 bits per heavy atom. The van der Waals surface area contributed by atoms with E-state index in [0.717, 1.165) is 35.3 Å². The van der Waals surface area contributed by atoms with Gasteiger partial charge in [-0.25, -0.2) is 22.2 Å². The van der Waals surface area contributed by atoms with E-state index in [1.165, 1.54) is 12.1 Å². The molecule has 1 heterocycles. The molecule has 6 nitrogen and oxygen atoms in total. The number of benzene rings is 2. The minimum absolute atomic E-state index is 0.0901. The molecule has 2 bridgehead atoms. The van der Waals surface area contributed by atoms with Gasteiger partial charge in [-0.3, -0.25) is 0 Å². The van der Waals surface area contributed by atoms with E-state index < -0.39 is 58.2 Å². The van der Waals surface area contributed by atoms with Gasteiger partial charge in [-0.05, 0) is 64.9 Å². The summed E-state index contributed by atoms with van der Waals surface area (Å²) in [6.07, 6.45) is -4.15. The Balaban J connectivity index is 1.43. The summed E-state index contributed by atoms with van der Waals surface area (Å²) < 4.78 is 102. The lowest BCUT2D eigenvalue weighted by Gasteiger charge is -2.74. The molecular formula is C22H17F7N4O2. The van der Waals surface area contributed by atoms with E-state index in [9.17, 15) is 27.1 Å². The second-order valence-corrected chi connectivity index (χ2v) is 9.23. The number of hydrogen-bond acceptors (Lipinski definition) is 5. The Kier molecular flexibility index (Phi) is 4.97. The van der Waals surface area contributed by atoms with Gasteiger partial charge < -0.3 is 9.84 Å². The van der Waals surface area contributed by atoms with Crippen LogP contribution in [0.4, 0.5) is 30.7 Å². The molecule has 0 aliphatic heterocycles. The first-order chi connectivity index (χ1) is 16.3. The molecule has 0 saturated heterocycles. The zero-order chi connectivity index (χ0) is 25.3. The largest absolute Gasteiger partial charge is 0.573 e. The number of aliphatic hydroxyl groups is 1. The average molecular weight is 502 g/mol. The van der Waals surface area contributed by atoms with Crippen LogP contribution in [0.15, 0.2) is 48.8 Å². The maximum Gasteiger partial charge on any atom is 0.573 e.